The lowest BCUT2D eigenvalue weighted by Crippen LogP contribution is -2.40. The fourth-order valence-corrected chi connectivity index (χ4v) is 1.09. The molecule has 1 rings (SSSR count). The average Bonchev–Trinajstić information content (AvgIpc) is 2.25. The Morgan fingerprint density at radius 1 is 1.40 bits per heavy atom. The molecule has 0 spiro atoms. The van der Waals surface area contributed by atoms with Gasteiger partial charge >= 0.3 is 0 Å². The third-order valence-corrected chi connectivity index (χ3v) is 2.45. The van der Waals surface area contributed by atoms with Crippen molar-refractivity contribution >= 4 is 0 Å². The predicted molar refractivity (Wildman–Crippen MR) is 54.7 cm³/mol. The molecule has 0 fully saturated rings. The maximum absolute atomic E-state index is 13.3. The summed E-state index contributed by atoms with van der Waals surface area (Å²) >= 11 is 0. The molecule has 0 saturated carbocycles. The lowest BCUT2D eigenvalue weighted by atomic mass is 10.0. The van der Waals surface area contributed by atoms with Crippen molar-refractivity contribution in [1.29, 1.82) is 0 Å². The number of hydrogen-bond donors (Lipinski definition) is 1. The number of nitrogens with two attached hydrogens (primary N) is 1. The highest BCUT2D eigenvalue weighted by Crippen LogP contribution is 2.25. The Morgan fingerprint density at radius 2 is 2.07 bits per heavy atom. The van der Waals surface area contributed by atoms with Crippen molar-refractivity contribution in [2.45, 2.75) is 25.9 Å². The van der Waals surface area contributed by atoms with Gasteiger partial charge in [-0.1, -0.05) is 13.0 Å². The van der Waals surface area contributed by atoms with Crippen LogP contribution >= 0.6 is 0 Å². The van der Waals surface area contributed by atoms with Crippen LogP contribution in [-0.2, 0) is 0 Å². The number of ether oxygens (including phenoxy) is 1. The molecule has 84 valence electrons. The van der Waals surface area contributed by atoms with Gasteiger partial charge < -0.3 is 10.5 Å². The van der Waals surface area contributed by atoms with E-state index in [2.05, 4.69) is 0 Å². The molecule has 0 bridgehead atoms. The van der Waals surface area contributed by atoms with Crippen LogP contribution in [0.5, 0.6) is 5.75 Å². The highest BCUT2D eigenvalue weighted by atomic mass is 19.2. The standard InChI is InChI=1S/C11H15F2NO/c1-3-11(2,7-14)15-9-6-4-5-8(12)10(9)13/h4-6H,3,7,14H2,1-2H3. The highest BCUT2D eigenvalue weighted by molar-refractivity contribution is 5.25. The van der Waals surface area contributed by atoms with Crippen LogP contribution in [0.15, 0.2) is 18.2 Å². The molecule has 0 aliphatic carbocycles. The number of rotatable bonds is 4. The van der Waals surface area contributed by atoms with Gasteiger partial charge in [0.1, 0.15) is 5.60 Å². The van der Waals surface area contributed by atoms with E-state index in [9.17, 15) is 8.78 Å². The van der Waals surface area contributed by atoms with Gasteiger partial charge in [-0.15, -0.1) is 0 Å². The first-order valence-corrected chi connectivity index (χ1v) is 4.85. The van der Waals surface area contributed by atoms with Crippen molar-refractivity contribution in [2.24, 2.45) is 5.73 Å². The van der Waals surface area contributed by atoms with E-state index in [1.807, 2.05) is 6.92 Å². The van der Waals surface area contributed by atoms with Gasteiger partial charge in [-0.3, -0.25) is 0 Å². The summed E-state index contributed by atoms with van der Waals surface area (Å²) in [6.07, 6.45) is 0.624. The van der Waals surface area contributed by atoms with Crippen LogP contribution in [0, 0.1) is 11.6 Å². The van der Waals surface area contributed by atoms with Crippen LogP contribution in [0.4, 0.5) is 8.78 Å². The predicted octanol–water partition coefficient (Wildman–Crippen LogP) is 2.47. The van der Waals surface area contributed by atoms with Crippen LogP contribution < -0.4 is 10.5 Å². The summed E-state index contributed by atoms with van der Waals surface area (Å²) in [6.45, 7) is 3.89. The summed E-state index contributed by atoms with van der Waals surface area (Å²) < 4.78 is 31.5. The zero-order chi connectivity index (χ0) is 11.5. The lowest BCUT2D eigenvalue weighted by Gasteiger charge is -2.28. The minimum absolute atomic E-state index is 0.0928. The molecule has 0 amide bonds. The molecule has 0 saturated heterocycles. The Kier molecular flexibility index (Phi) is 3.63. The molecule has 1 aromatic rings. The summed E-state index contributed by atoms with van der Waals surface area (Å²) in [5, 5.41) is 0. The van der Waals surface area contributed by atoms with Crippen molar-refractivity contribution in [3.05, 3.63) is 29.8 Å². The van der Waals surface area contributed by atoms with E-state index < -0.39 is 17.2 Å². The Bertz CT molecular complexity index is 337. The molecule has 0 aliphatic heterocycles. The van der Waals surface area contributed by atoms with E-state index >= 15 is 0 Å². The van der Waals surface area contributed by atoms with Crippen molar-refractivity contribution in [3.63, 3.8) is 0 Å². The molecule has 0 radical (unpaired) electrons. The Morgan fingerprint density at radius 3 is 2.60 bits per heavy atom. The molecular formula is C11H15F2NO. The topological polar surface area (TPSA) is 35.2 Å². The van der Waals surface area contributed by atoms with Crippen LogP contribution in [-0.4, -0.2) is 12.1 Å². The Balaban J connectivity index is 2.94. The molecule has 1 unspecified atom stereocenters. The monoisotopic (exact) mass is 215 g/mol. The minimum atomic E-state index is -0.967. The van der Waals surface area contributed by atoms with Gasteiger partial charge in [0.15, 0.2) is 11.6 Å². The van der Waals surface area contributed by atoms with E-state index in [-0.39, 0.29) is 12.3 Å². The van der Waals surface area contributed by atoms with Gasteiger partial charge in [-0.25, -0.2) is 4.39 Å². The largest absolute Gasteiger partial charge is 0.483 e. The summed E-state index contributed by atoms with van der Waals surface area (Å²) in [6, 6.07) is 3.84. The van der Waals surface area contributed by atoms with Crippen LogP contribution in [0.3, 0.4) is 0 Å². The number of halogens is 2. The zero-order valence-corrected chi connectivity index (χ0v) is 8.89. The molecule has 4 heteroatoms. The number of benzene rings is 1. The SMILES string of the molecule is CCC(C)(CN)Oc1cccc(F)c1F. The Labute approximate surface area is 88.0 Å². The fourth-order valence-electron chi connectivity index (χ4n) is 1.09. The highest BCUT2D eigenvalue weighted by Gasteiger charge is 2.24. The third kappa shape index (κ3) is 2.65. The first-order valence-electron chi connectivity index (χ1n) is 4.85. The lowest BCUT2D eigenvalue weighted by molar-refractivity contribution is 0.0872. The van der Waals surface area contributed by atoms with E-state index in [0.717, 1.165) is 6.07 Å². The summed E-state index contributed by atoms with van der Waals surface area (Å²) in [5.74, 6) is -1.97. The average molecular weight is 215 g/mol. The van der Waals surface area contributed by atoms with Gasteiger partial charge in [-0.05, 0) is 25.5 Å². The summed E-state index contributed by atoms with van der Waals surface area (Å²) in [7, 11) is 0. The van der Waals surface area contributed by atoms with E-state index in [0.29, 0.717) is 6.42 Å². The van der Waals surface area contributed by atoms with Crippen LogP contribution in [0.1, 0.15) is 20.3 Å². The summed E-state index contributed by atoms with van der Waals surface area (Å²) in [4.78, 5) is 0. The molecule has 0 aromatic heterocycles. The number of hydrogen-bond acceptors (Lipinski definition) is 2. The normalized spacial score (nSPS) is 14.7. The maximum atomic E-state index is 13.3. The summed E-state index contributed by atoms with van der Waals surface area (Å²) in [5.41, 5.74) is 4.85. The molecule has 2 nitrogen and oxygen atoms in total. The second-order valence-electron chi connectivity index (χ2n) is 3.66. The first kappa shape index (κ1) is 11.9. The van der Waals surface area contributed by atoms with Gasteiger partial charge in [-0.2, -0.15) is 4.39 Å². The quantitative estimate of drug-likeness (QED) is 0.837. The second-order valence-corrected chi connectivity index (χ2v) is 3.66. The molecule has 0 heterocycles. The fraction of sp³-hybridized carbons (Fsp3) is 0.455. The van der Waals surface area contributed by atoms with Gasteiger partial charge in [0.2, 0.25) is 5.82 Å². The van der Waals surface area contributed by atoms with Crippen LogP contribution in [0.25, 0.3) is 0 Å². The van der Waals surface area contributed by atoms with E-state index in [1.54, 1.807) is 6.92 Å². The first-order chi connectivity index (χ1) is 7.02. The van der Waals surface area contributed by atoms with Gasteiger partial charge in [0.25, 0.3) is 0 Å². The minimum Gasteiger partial charge on any atom is -0.483 e. The molecule has 1 atom stereocenters. The molecule has 1 aromatic carbocycles. The van der Waals surface area contributed by atoms with Crippen molar-refractivity contribution in [2.75, 3.05) is 6.54 Å². The maximum Gasteiger partial charge on any atom is 0.200 e. The third-order valence-electron chi connectivity index (χ3n) is 2.45. The van der Waals surface area contributed by atoms with Gasteiger partial charge in [0, 0.05) is 6.54 Å². The Hall–Kier alpha value is -1.16. The van der Waals surface area contributed by atoms with E-state index in [1.165, 1.54) is 12.1 Å². The molecule has 2 N–H and O–H groups in total. The van der Waals surface area contributed by atoms with Crippen LogP contribution in [0.2, 0.25) is 0 Å². The molecular weight excluding hydrogens is 200 g/mol. The second kappa shape index (κ2) is 4.57. The van der Waals surface area contributed by atoms with Crippen molar-refractivity contribution in [1.82, 2.24) is 0 Å². The van der Waals surface area contributed by atoms with Crippen molar-refractivity contribution in [3.8, 4) is 5.75 Å². The van der Waals surface area contributed by atoms with Crippen molar-refractivity contribution < 1.29 is 13.5 Å². The zero-order valence-electron chi connectivity index (χ0n) is 8.89. The smallest absolute Gasteiger partial charge is 0.200 e. The van der Waals surface area contributed by atoms with Gasteiger partial charge in [0.05, 0.1) is 0 Å². The molecule has 0 aliphatic rings. The van der Waals surface area contributed by atoms with E-state index in [4.69, 9.17) is 10.5 Å². The molecule has 15 heavy (non-hydrogen) atoms.